The topological polar surface area (TPSA) is 42.1 Å². The number of aryl methyl sites for hydroxylation is 1. The van der Waals surface area contributed by atoms with Crippen LogP contribution in [-0.4, -0.2) is 17.9 Å². The Kier molecular flexibility index (Phi) is 3.11. The lowest BCUT2D eigenvalue weighted by Gasteiger charge is -2.05. The van der Waals surface area contributed by atoms with E-state index in [-0.39, 0.29) is 5.78 Å². The van der Waals surface area contributed by atoms with Crippen LogP contribution in [0.4, 0.5) is 0 Å². The zero-order chi connectivity index (χ0) is 12.6. The highest BCUT2D eigenvalue weighted by Gasteiger charge is 2.16. The first-order valence-corrected chi connectivity index (χ1v) is 5.75. The number of carbonyl (C=O) groups excluding carboxylic acids is 1. The summed E-state index contributed by atoms with van der Waals surface area (Å²) in [6, 6.07) is 3.61. The van der Waals surface area contributed by atoms with Gasteiger partial charge in [0.25, 0.3) is 0 Å². The highest BCUT2D eigenvalue weighted by Crippen LogP contribution is 2.35. The second-order valence-electron chi connectivity index (χ2n) is 4.11. The molecule has 0 amide bonds. The number of hydrogen-bond donors (Lipinski definition) is 1. The van der Waals surface area contributed by atoms with Crippen LogP contribution >= 0.6 is 11.6 Å². The van der Waals surface area contributed by atoms with Gasteiger partial charge < -0.3 is 9.72 Å². The van der Waals surface area contributed by atoms with Gasteiger partial charge in [-0.3, -0.25) is 4.79 Å². The Morgan fingerprint density at radius 2 is 2.18 bits per heavy atom. The van der Waals surface area contributed by atoms with E-state index in [1.165, 1.54) is 0 Å². The van der Waals surface area contributed by atoms with Gasteiger partial charge in [0.1, 0.15) is 11.5 Å². The third-order valence-electron chi connectivity index (χ3n) is 2.83. The van der Waals surface area contributed by atoms with Crippen LogP contribution < -0.4 is 4.74 Å². The zero-order valence-corrected chi connectivity index (χ0v) is 10.8. The summed E-state index contributed by atoms with van der Waals surface area (Å²) >= 11 is 6.14. The summed E-state index contributed by atoms with van der Waals surface area (Å²) in [5.41, 5.74) is 2.76. The summed E-state index contributed by atoms with van der Waals surface area (Å²) in [6.07, 6.45) is 0.391. The van der Waals surface area contributed by atoms with E-state index in [0.29, 0.717) is 11.4 Å². The normalized spacial score (nSPS) is 10.8. The smallest absolute Gasteiger partial charge is 0.134 e. The van der Waals surface area contributed by atoms with E-state index in [1.54, 1.807) is 20.1 Å². The van der Waals surface area contributed by atoms with Crippen molar-refractivity contribution in [3.8, 4) is 5.75 Å². The third-order valence-corrected chi connectivity index (χ3v) is 3.14. The quantitative estimate of drug-likeness (QED) is 0.910. The largest absolute Gasteiger partial charge is 0.496 e. The van der Waals surface area contributed by atoms with Crippen LogP contribution in [0, 0.1) is 6.92 Å². The molecule has 0 aliphatic carbocycles. The summed E-state index contributed by atoms with van der Waals surface area (Å²) in [6.45, 7) is 3.52. The predicted octanol–water partition coefficient (Wildman–Crippen LogP) is 3.27. The van der Waals surface area contributed by atoms with Crippen molar-refractivity contribution < 1.29 is 9.53 Å². The van der Waals surface area contributed by atoms with Crippen molar-refractivity contribution in [3.05, 3.63) is 28.4 Å². The number of aromatic nitrogens is 1. The number of hydrogen-bond acceptors (Lipinski definition) is 2. The molecule has 0 aliphatic heterocycles. The van der Waals surface area contributed by atoms with Crippen LogP contribution in [0.5, 0.6) is 5.75 Å². The van der Waals surface area contributed by atoms with Gasteiger partial charge in [0.05, 0.1) is 17.6 Å². The number of ether oxygens (including phenoxy) is 1. The molecule has 0 radical (unpaired) electrons. The SMILES string of the molecule is COc1ccc(Cl)c2[nH]c(C)c(CC(C)=O)c12. The first-order chi connectivity index (χ1) is 8.04. The zero-order valence-electron chi connectivity index (χ0n) is 10.1. The molecule has 0 atom stereocenters. The molecule has 0 spiro atoms. The number of methoxy groups -OCH3 is 1. The molecule has 0 aliphatic rings. The van der Waals surface area contributed by atoms with Gasteiger partial charge in [-0.15, -0.1) is 0 Å². The third kappa shape index (κ3) is 2.03. The number of Topliss-reactive ketones (excluding diaryl/α,β-unsaturated/α-hetero) is 1. The number of ketones is 1. The van der Waals surface area contributed by atoms with Gasteiger partial charge in [0, 0.05) is 17.5 Å². The van der Waals surface area contributed by atoms with Crippen LogP contribution in [0.15, 0.2) is 12.1 Å². The Balaban J connectivity index is 2.77. The van der Waals surface area contributed by atoms with Crippen molar-refractivity contribution in [1.82, 2.24) is 4.98 Å². The molecular weight excluding hydrogens is 238 g/mol. The molecule has 90 valence electrons. The molecule has 1 N–H and O–H groups in total. The van der Waals surface area contributed by atoms with Gasteiger partial charge in [-0.05, 0) is 31.5 Å². The van der Waals surface area contributed by atoms with E-state index in [4.69, 9.17) is 16.3 Å². The van der Waals surface area contributed by atoms with Crippen LogP contribution in [0.25, 0.3) is 10.9 Å². The van der Waals surface area contributed by atoms with Crippen molar-refractivity contribution in [2.24, 2.45) is 0 Å². The fourth-order valence-corrected chi connectivity index (χ4v) is 2.28. The number of benzene rings is 1. The lowest BCUT2D eigenvalue weighted by atomic mass is 10.0. The number of nitrogens with one attached hydrogen (secondary N) is 1. The number of carbonyl (C=O) groups is 1. The van der Waals surface area contributed by atoms with Crippen LogP contribution in [-0.2, 0) is 11.2 Å². The maximum atomic E-state index is 11.3. The van der Waals surface area contributed by atoms with Crippen molar-refractivity contribution in [2.75, 3.05) is 7.11 Å². The van der Waals surface area contributed by atoms with Gasteiger partial charge in [0.2, 0.25) is 0 Å². The minimum atomic E-state index is 0.121. The molecular formula is C13H14ClNO2. The molecule has 0 saturated carbocycles. The average molecular weight is 252 g/mol. The molecule has 2 rings (SSSR count). The second kappa shape index (κ2) is 4.41. The lowest BCUT2D eigenvalue weighted by Crippen LogP contribution is -1.98. The molecule has 1 aromatic heterocycles. The number of halogens is 1. The van der Waals surface area contributed by atoms with Gasteiger partial charge in [-0.2, -0.15) is 0 Å². The predicted molar refractivity (Wildman–Crippen MR) is 69.0 cm³/mol. The maximum Gasteiger partial charge on any atom is 0.134 e. The van der Waals surface area contributed by atoms with Crippen LogP contribution in [0.3, 0.4) is 0 Å². The Labute approximate surface area is 105 Å². The van der Waals surface area contributed by atoms with Gasteiger partial charge >= 0.3 is 0 Å². The molecule has 4 heteroatoms. The van der Waals surface area contributed by atoms with E-state index >= 15 is 0 Å². The van der Waals surface area contributed by atoms with E-state index < -0.39 is 0 Å². The Morgan fingerprint density at radius 3 is 2.76 bits per heavy atom. The second-order valence-corrected chi connectivity index (χ2v) is 4.51. The lowest BCUT2D eigenvalue weighted by molar-refractivity contribution is -0.116. The number of rotatable bonds is 3. The fourth-order valence-electron chi connectivity index (χ4n) is 2.07. The Morgan fingerprint density at radius 1 is 1.47 bits per heavy atom. The molecule has 3 nitrogen and oxygen atoms in total. The standard InChI is InChI=1S/C13H14ClNO2/c1-7(16)6-9-8(2)15-13-10(14)4-5-11(17-3)12(9)13/h4-5,15H,6H2,1-3H3. The highest BCUT2D eigenvalue weighted by molar-refractivity contribution is 6.35. The number of H-pyrrole nitrogens is 1. The molecule has 1 heterocycles. The molecule has 2 aromatic rings. The summed E-state index contributed by atoms with van der Waals surface area (Å²) in [7, 11) is 1.61. The first-order valence-electron chi connectivity index (χ1n) is 5.37. The maximum absolute atomic E-state index is 11.3. The average Bonchev–Trinajstić information content (AvgIpc) is 2.58. The summed E-state index contributed by atoms with van der Waals surface area (Å²) in [5, 5.41) is 1.55. The minimum absolute atomic E-state index is 0.121. The number of fused-ring (bicyclic) bond motifs is 1. The van der Waals surface area contributed by atoms with Crippen LogP contribution in [0.1, 0.15) is 18.2 Å². The van der Waals surface area contributed by atoms with E-state index in [9.17, 15) is 4.79 Å². The van der Waals surface area contributed by atoms with E-state index in [1.807, 2.05) is 13.0 Å². The Bertz CT molecular complexity index is 587. The van der Waals surface area contributed by atoms with Crippen LogP contribution in [0.2, 0.25) is 5.02 Å². The molecule has 0 unspecified atom stereocenters. The van der Waals surface area contributed by atoms with Gasteiger partial charge in [-0.25, -0.2) is 0 Å². The Hall–Kier alpha value is -1.48. The first kappa shape index (κ1) is 12.0. The van der Waals surface area contributed by atoms with Crippen molar-refractivity contribution in [1.29, 1.82) is 0 Å². The van der Waals surface area contributed by atoms with E-state index in [0.717, 1.165) is 27.9 Å². The highest BCUT2D eigenvalue weighted by atomic mass is 35.5. The van der Waals surface area contributed by atoms with E-state index in [2.05, 4.69) is 4.98 Å². The fraction of sp³-hybridized carbons (Fsp3) is 0.308. The van der Waals surface area contributed by atoms with Gasteiger partial charge in [0.15, 0.2) is 0 Å². The summed E-state index contributed by atoms with van der Waals surface area (Å²) in [5.74, 6) is 0.862. The van der Waals surface area contributed by atoms with Crippen molar-refractivity contribution in [3.63, 3.8) is 0 Å². The van der Waals surface area contributed by atoms with Crippen molar-refractivity contribution >= 4 is 28.3 Å². The molecule has 0 fully saturated rings. The molecule has 0 bridgehead atoms. The molecule has 0 saturated heterocycles. The minimum Gasteiger partial charge on any atom is -0.496 e. The van der Waals surface area contributed by atoms with Crippen molar-refractivity contribution in [2.45, 2.75) is 20.3 Å². The molecule has 1 aromatic carbocycles. The summed E-state index contributed by atoms with van der Waals surface area (Å²) < 4.78 is 5.33. The molecule has 17 heavy (non-hydrogen) atoms. The van der Waals surface area contributed by atoms with Gasteiger partial charge in [-0.1, -0.05) is 11.6 Å². The monoisotopic (exact) mass is 251 g/mol. The number of aromatic amines is 1. The summed E-state index contributed by atoms with van der Waals surface area (Å²) in [4.78, 5) is 14.5.